The number of aliphatic hydroxyl groups is 2. The van der Waals surface area contributed by atoms with Crippen LogP contribution in [0.25, 0.3) is 0 Å². The lowest BCUT2D eigenvalue weighted by Gasteiger charge is -2.17. The average molecular weight is 160 g/mol. The molecule has 0 aromatic heterocycles. The molecule has 2 N–H and O–H groups in total. The fourth-order valence-electron chi connectivity index (χ4n) is 1.14. The second-order valence-corrected chi connectivity index (χ2v) is 3.05. The average Bonchev–Trinajstić information content (AvgIpc) is 1.93. The van der Waals surface area contributed by atoms with Crippen molar-refractivity contribution in [2.75, 3.05) is 6.61 Å². The normalized spacial score (nSPS) is 30.8. The summed E-state index contributed by atoms with van der Waals surface area (Å²) in [5.41, 5.74) is 0. The smallest absolute Gasteiger partial charge is 0.366 e. The lowest BCUT2D eigenvalue weighted by molar-refractivity contribution is -0.209. The third-order valence-corrected chi connectivity index (χ3v) is 1.80. The van der Waals surface area contributed by atoms with Gasteiger partial charge in [0, 0.05) is 6.42 Å². The zero-order chi connectivity index (χ0) is 8.48. The summed E-state index contributed by atoms with van der Waals surface area (Å²) in [6.07, 6.45) is 0.750. The Bertz CT molecular complexity index is 164. The predicted octanol–water partition coefficient (Wildman–Crippen LogP) is -0.360. The number of esters is 1. The predicted molar refractivity (Wildman–Crippen MR) is 36.5 cm³/mol. The van der Waals surface area contributed by atoms with Crippen molar-refractivity contribution in [2.24, 2.45) is 5.92 Å². The highest BCUT2D eigenvalue weighted by Gasteiger charge is 2.38. The van der Waals surface area contributed by atoms with Crippen molar-refractivity contribution < 1.29 is 19.7 Å². The van der Waals surface area contributed by atoms with Gasteiger partial charge in [0.2, 0.25) is 0 Å². The van der Waals surface area contributed by atoms with Crippen LogP contribution in [0.1, 0.15) is 19.8 Å². The molecule has 64 valence electrons. The minimum absolute atomic E-state index is 0.0613. The van der Waals surface area contributed by atoms with Crippen molar-refractivity contribution in [1.82, 2.24) is 0 Å². The highest BCUT2D eigenvalue weighted by Crippen LogP contribution is 2.22. The summed E-state index contributed by atoms with van der Waals surface area (Å²) < 4.78 is 4.55. The topological polar surface area (TPSA) is 66.8 Å². The zero-order valence-electron chi connectivity index (χ0n) is 6.41. The molecule has 1 aliphatic heterocycles. The molecule has 11 heavy (non-hydrogen) atoms. The molecule has 0 aromatic rings. The van der Waals surface area contributed by atoms with Gasteiger partial charge in [0.25, 0.3) is 5.79 Å². The third kappa shape index (κ3) is 1.91. The number of rotatable bonds is 0. The molecule has 0 spiro atoms. The fraction of sp³-hybridized carbons (Fsp3) is 0.857. The monoisotopic (exact) mass is 160 g/mol. The molecule has 0 amide bonds. The van der Waals surface area contributed by atoms with Crippen LogP contribution in [0.3, 0.4) is 0 Å². The van der Waals surface area contributed by atoms with Gasteiger partial charge in [-0.2, -0.15) is 0 Å². The summed E-state index contributed by atoms with van der Waals surface area (Å²) in [5.74, 6) is -3.09. The van der Waals surface area contributed by atoms with Crippen LogP contribution in [-0.2, 0) is 9.53 Å². The van der Waals surface area contributed by atoms with Gasteiger partial charge in [0.1, 0.15) is 0 Å². The number of carbonyl (C=O) groups is 1. The quantitative estimate of drug-likeness (QED) is 0.375. The molecular weight excluding hydrogens is 148 g/mol. The second kappa shape index (κ2) is 2.79. The molecule has 4 nitrogen and oxygen atoms in total. The zero-order valence-corrected chi connectivity index (χ0v) is 6.41. The van der Waals surface area contributed by atoms with E-state index in [1.54, 1.807) is 0 Å². The molecule has 1 saturated heterocycles. The van der Waals surface area contributed by atoms with Gasteiger partial charge in [-0.15, -0.1) is 0 Å². The highest BCUT2D eigenvalue weighted by atomic mass is 16.6. The Labute approximate surface area is 64.8 Å². The Kier molecular flexibility index (Phi) is 2.15. The molecule has 0 radical (unpaired) electrons. The third-order valence-electron chi connectivity index (χ3n) is 1.80. The van der Waals surface area contributed by atoms with Gasteiger partial charge < -0.3 is 14.9 Å². The van der Waals surface area contributed by atoms with Gasteiger partial charge in [-0.25, -0.2) is 4.79 Å². The minimum atomic E-state index is -2.27. The highest BCUT2D eigenvalue weighted by molar-refractivity contribution is 5.77. The van der Waals surface area contributed by atoms with E-state index in [9.17, 15) is 4.79 Å². The number of cyclic esters (lactones) is 1. The van der Waals surface area contributed by atoms with Gasteiger partial charge in [0.05, 0.1) is 6.61 Å². The van der Waals surface area contributed by atoms with Gasteiger partial charge >= 0.3 is 5.97 Å². The lowest BCUT2D eigenvalue weighted by Crippen LogP contribution is -2.39. The van der Waals surface area contributed by atoms with Crippen LogP contribution in [-0.4, -0.2) is 28.6 Å². The molecule has 0 saturated carbocycles. The van der Waals surface area contributed by atoms with E-state index in [0.29, 0.717) is 6.42 Å². The van der Waals surface area contributed by atoms with E-state index in [0.717, 1.165) is 0 Å². The summed E-state index contributed by atoms with van der Waals surface area (Å²) in [5, 5.41) is 18.1. The Morgan fingerprint density at radius 2 is 2.27 bits per heavy atom. The van der Waals surface area contributed by atoms with Crippen molar-refractivity contribution in [1.29, 1.82) is 0 Å². The first-order valence-corrected chi connectivity index (χ1v) is 3.64. The van der Waals surface area contributed by atoms with Crippen molar-refractivity contribution in [3.63, 3.8) is 0 Å². The first kappa shape index (κ1) is 8.49. The van der Waals surface area contributed by atoms with Crippen LogP contribution in [0.5, 0.6) is 0 Å². The second-order valence-electron chi connectivity index (χ2n) is 3.05. The molecule has 1 unspecified atom stereocenters. The van der Waals surface area contributed by atoms with Crippen molar-refractivity contribution in [3.05, 3.63) is 0 Å². The Balaban J connectivity index is 2.68. The van der Waals surface area contributed by atoms with Gasteiger partial charge in [0.15, 0.2) is 0 Å². The van der Waals surface area contributed by atoms with Crippen LogP contribution in [0, 0.1) is 5.92 Å². The Morgan fingerprint density at radius 1 is 1.64 bits per heavy atom. The summed E-state index contributed by atoms with van der Waals surface area (Å²) in [4.78, 5) is 10.8. The van der Waals surface area contributed by atoms with Gasteiger partial charge in [-0.1, -0.05) is 6.92 Å². The first-order chi connectivity index (χ1) is 5.02. The lowest BCUT2D eigenvalue weighted by atomic mass is 10.00. The van der Waals surface area contributed by atoms with E-state index in [4.69, 9.17) is 10.2 Å². The standard InChI is InChI=1S/C7H12O4/c1-5-2-3-11-6(8)7(9,10)4-5/h5,9-10H,2-4H2,1H3. The Morgan fingerprint density at radius 3 is 2.91 bits per heavy atom. The number of carbonyl (C=O) groups excluding carboxylic acids is 1. The number of hydrogen-bond acceptors (Lipinski definition) is 4. The minimum Gasteiger partial charge on any atom is -0.462 e. The van der Waals surface area contributed by atoms with E-state index >= 15 is 0 Å². The molecule has 4 heteroatoms. The van der Waals surface area contributed by atoms with E-state index in [-0.39, 0.29) is 18.9 Å². The fourth-order valence-corrected chi connectivity index (χ4v) is 1.14. The van der Waals surface area contributed by atoms with E-state index in [1.807, 2.05) is 6.92 Å². The summed E-state index contributed by atoms with van der Waals surface area (Å²) >= 11 is 0. The molecule has 1 atom stereocenters. The molecule has 0 aromatic carbocycles. The van der Waals surface area contributed by atoms with Crippen LogP contribution in [0.15, 0.2) is 0 Å². The van der Waals surface area contributed by atoms with E-state index in [1.165, 1.54) is 0 Å². The van der Waals surface area contributed by atoms with Gasteiger partial charge in [-0.05, 0) is 12.3 Å². The first-order valence-electron chi connectivity index (χ1n) is 3.64. The SMILES string of the molecule is CC1CCOC(=O)C(O)(O)C1. The van der Waals surface area contributed by atoms with Crippen molar-refractivity contribution in [2.45, 2.75) is 25.6 Å². The van der Waals surface area contributed by atoms with Crippen LogP contribution in [0.2, 0.25) is 0 Å². The molecule has 1 aliphatic rings. The molecule has 1 rings (SSSR count). The number of ether oxygens (including phenoxy) is 1. The molecule has 1 heterocycles. The molecule has 0 aliphatic carbocycles. The maximum atomic E-state index is 10.8. The molecule has 1 fully saturated rings. The van der Waals surface area contributed by atoms with Crippen LogP contribution >= 0.6 is 0 Å². The van der Waals surface area contributed by atoms with Crippen LogP contribution in [0.4, 0.5) is 0 Å². The molecule has 0 bridgehead atoms. The maximum absolute atomic E-state index is 10.8. The summed E-state index contributed by atoms with van der Waals surface area (Å²) in [6.45, 7) is 2.13. The Hall–Kier alpha value is -0.610. The largest absolute Gasteiger partial charge is 0.462 e. The van der Waals surface area contributed by atoms with Gasteiger partial charge in [-0.3, -0.25) is 0 Å². The molecular formula is C7H12O4. The van der Waals surface area contributed by atoms with Crippen LogP contribution < -0.4 is 0 Å². The summed E-state index contributed by atoms with van der Waals surface area (Å²) in [7, 11) is 0. The van der Waals surface area contributed by atoms with E-state index < -0.39 is 11.8 Å². The number of hydrogen-bond donors (Lipinski definition) is 2. The van der Waals surface area contributed by atoms with E-state index in [2.05, 4.69) is 4.74 Å². The maximum Gasteiger partial charge on any atom is 0.366 e. The van der Waals surface area contributed by atoms with Crippen molar-refractivity contribution >= 4 is 5.97 Å². The van der Waals surface area contributed by atoms with Crippen molar-refractivity contribution in [3.8, 4) is 0 Å². The summed E-state index contributed by atoms with van der Waals surface area (Å²) in [6, 6.07) is 0.